The molecule has 0 saturated heterocycles. The fraction of sp³-hybridized carbons (Fsp3) is 0.400. The first-order valence-electron chi connectivity index (χ1n) is 10.2. The van der Waals surface area contributed by atoms with Gasteiger partial charge < -0.3 is 14.6 Å². The number of aromatic hydroxyl groups is 1. The van der Waals surface area contributed by atoms with E-state index >= 15 is 0 Å². The van der Waals surface area contributed by atoms with Crippen molar-refractivity contribution >= 4 is 11.9 Å². The topological polar surface area (TPSA) is 55.8 Å². The second kappa shape index (κ2) is 10.1. The van der Waals surface area contributed by atoms with Crippen molar-refractivity contribution in [1.29, 1.82) is 0 Å². The third-order valence-corrected chi connectivity index (χ3v) is 4.36. The molecule has 0 amide bonds. The fourth-order valence-corrected chi connectivity index (χ4v) is 3.06. The Bertz CT molecular complexity index is 842. The van der Waals surface area contributed by atoms with E-state index in [0.29, 0.717) is 18.8 Å². The lowest BCUT2D eigenvalue weighted by Crippen LogP contribution is -2.16. The molecule has 0 aliphatic carbocycles. The summed E-state index contributed by atoms with van der Waals surface area (Å²) in [6.45, 7) is 11.8. The van der Waals surface area contributed by atoms with Crippen LogP contribution in [-0.4, -0.2) is 24.1 Å². The minimum atomic E-state index is -0.173. The van der Waals surface area contributed by atoms with E-state index in [0.717, 1.165) is 35.5 Å². The summed E-state index contributed by atoms with van der Waals surface area (Å²) in [5.74, 6) is 1.55. The predicted octanol–water partition coefficient (Wildman–Crippen LogP) is 6.16. The zero-order valence-corrected chi connectivity index (χ0v) is 18.1. The van der Waals surface area contributed by atoms with Crippen LogP contribution in [0, 0.1) is 0 Å². The van der Waals surface area contributed by atoms with E-state index in [-0.39, 0.29) is 16.9 Å². The van der Waals surface area contributed by atoms with Crippen molar-refractivity contribution in [2.45, 2.75) is 52.9 Å². The molecule has 0 atom stereocenters. The van der Waals surface area contributed by atoms with Crippen LogP contribution in [0.2, 0.25) is 0 Å². The number of hydrogen-bond donors (Lipinski definition) is 1. The zero-order valence-electron chi connectivity index (χ0n) is 18.1. The lowest BCUT2D eigenvalue weighted by molar-refractivity contribution is 0.104. The van der Waals surface area contributed by atoms with Crippen molar-refractivity contribution in [3.63, 3.8) is 0 Å². The number of benzene rings is 2. The first-order chi connectivity index (χ1) is 13.8. The Morgan fingerprint density at radius 1 is 1.00 bits per heavy atom. The number of hydrogen-bond acceptors (Lipinski definition) is 4. The van der Waals surface area contributed by atoms with Crippen LogP contribution in [0.25, 0.3) is 6.08 Å². The lowest BCUT2D eigenvalue weighted by atomic mass is 9.82. The smallest absolute Gasteiger partial charge is 0.185 e. The first-order valence-corrected chi connectivity index (χ1v) is 10.2. The molecule has 4 heteroatoms. The molecule has 0 bridgehead atoms. The molecule has 0 heterocycles. The van der Waals surface area contributed by atoms with Gasteiger partial charge in [-0.05, 0) is 60.2 Å². The molecule has 2 aromatic carbocycles. The summed E-state index contributed by atoms with van der Waals surface area (Å²) >= 11 is 0. The molecule has 0 unspecified atom stereocenters. The van der Waals surface area contributed by atoms with Gasteiger partial charge in [0.2, 0.25) is 0 Å². The molecule has 29 heavy (non-hydrogen) atoms. The van der Waals surface area contributed by atoms with E-state index in [1.165, 1.54) is 12.1 Å². The summed E-state index contributed by atoms with van der Waals surface area (Å²) in [5.41, 5.74) is 2.30. The Balaban J connectivity index is 2.47. The number of carbonyl (C=O) groups is 1. The summed E-state index contributed by atoms with van der Waals surface area (Å²) < 4.78 is 11.9. The second-order valence-corrected chi connectivity index (χ2v) is 8.08. The number of allylic oxidation sites excluding steroid dienone is 1. The third kappa shape index (κ3) is 6.38. The Kier molecular flexibility index (Phi) is 7.89. The highest BCUT2D eigenvalue weighted by molar-refractivity contribution is 6.07. The summed E-state index contributed by atoms with van der Waals surface area (Å²) in [6.07, 6.45) is 5.21. The van der Waals surface area contributed by atoms with E-state index in [9.17, 15) is 9.90 Å². The quantitative estimate of drug-likeness (QED) is 0.407. The highest BCUT2D eigenvalue weighted by atomic mass is 16.5. The molecule has 0 radical (unpaired) electrons. The van der Waals surface area contributed by atoms with E-state index in [4.69, 9.17) is 9.47 Å². The van der Waals surface area contributed by atoms with Crippen LogP contribution >= 0.6 is 0 Å². The number of phenolic OH excluding ortho intramolecular Hbond substituents is 1. The fourth-order valence-electron chi connectivity index (χ4n) is 3.06. The average molecular weight is 397 g/mol. The van der Waals surface area contributed by atoms with Gasteiger partial charge in [0.05, 0.1) is 13.2 Å². The number of ketones is 1. The predicted molar refractivity (Wildman–Crippen MR) is 118 cm³/mol. The van der Waals surface area contributed by atoms with E-state index in [2.05, 4.69) is 34.6 Å². The molecule has 0 saturated carbocycles. The normalized spacial score (nSPS) is 11.6. The van der Waals surface area contributed by atoms with Crippen LogP contribution in [0.15, 0.2) is 42.5 Å². The minimum absolute atomic E-state index is 0.124. The Hall–Kier alpha value is -2.75. The highest BCUT2D eigenvalue weighted by Crippen LogP contribution is 2.38. The molecule has 2 aromatic rings. The molecule has 0 fully saturated rings. The monoisotopic (exact) mass is 396 g/mol. The number of ether oxygens (including phenoxy) is 2. The van der Waals surface area contributed by atoms with Gasteiger partial charge in [0.15, 0.2) is 5.78 Å². The van der Waals surface area contributed by atoms with Gasteiger partial charge in [0, 0.05) is 17.2 Å². The number of phenols is 1. The van der Waals surface area contributed by atoms with Gasteiger partial charge in [-0.1, -0.05) is 40.7 Å². The zero-order chi connectivity index (χ0) is 21.4. The molecular formula is C25H32O4. The van der Waals surface area contributed by atoms with Gasteiger partial charge in [-0.15, -0.1) is 0 Å². The molecule has 0 aromatic heterocycles. The van der Waals surface area contributed by atoms with Gasteiger partial charge in [0.1, 0.15) is 17.2 Å². The maximum Gasteiger partial charge on any atom is 0.185 e. The Labute approximate surface area is 174 Å². The maximum absolute atomic E-state index is 12.6. The Morgan fingerprint density at radius 2 is 1.62 bits per heavy atom. The summed E-state index contributed by atoms with van der Waals surface area (Å²) in [4.78, 5) is 12.6. The maximum atomic E-state index is 12.6. The van der Waals surface area contributed by atoms with E-state index in [1.54, 1.807) is 18.2 Å². The molecule has 0 aliphatic rings. The molecule has 0 spiro atoms. The third-order valence-electron chi connectivity index (χ3n) is 4.36. The highest BCUT2D eigenvalue weighted by Gasteiger charge is 2.23. The van der Waals surface area contributed by atoms with E-state index < -0.39 is 0 Å². The van der Waals surface area contributed by atoms with Crippen molar-refractivity contribution in [3.8, 4) is 17.2 Å². The second-order valence-electron chi connectivity index (χ2n) is 8.08. The standard InChI is InChI=1S/C25H32O4/c1-6-14-28-21-16-19(10-13-22(27)18-8-11-20(26)12-9-18)24(25(3,4)5)23(17-21)29-15-7-2/h8-13,16-17,26H,6-7,14-15H2,1-5H3. The van der Waals surface area contributed by atoms with Crippen molar-refractivity contribution in [2.75, 3.05) is 13.2 Å². The molecule has 2 rings (SSSR count). The Morgan fingerprint density at radius 3 is 2.21 bits per heavy atom. The van der Waals surface area contributed by atoms with Crippen LogP contribution < -0.4 is 9.47 Å². The SMILES string of the molecule is CCCOc1cc(C=CC(=O)c2ccc(O)cc2)c(C(C)(C)C)c(OCCC)c1. The van der Waals surface area contributed by atoms with E-state index in [1.807, 2.05) is 18.2 Å². The van der Waals surface area contributed by atoms with Gasteiger partial charge in [-0.2, -0.15) is 0 Å². The minimum Gasteiger partial charge on any atom is -0.508 e. The van der Waals surface area contributed by atoms with Crippen LogP contribution in [0.1, 0.15) is 68.9 Å². The van der Waals surface area contributed by atoms with Gasteiger partial charge >= 0.3 is 0 Å². The molecule has 1 N–H and O–H groups in total. The van der Waals surface area contributed by atoms with Crippen molar-refractivity contribution in [2.24, 2.45) is 0 Å². The van der Waals surface area contributed by atoms with Crippen LogP contribution in [-0.2, 0) is 5.41 Å². The lowest BCUT2D eigenvalue weighted by Gasteiger charge is -2.26. The number of carbonyl (C=O) groups excluding carboxylic acids is 1. The van der Waals surface area contributed by atoms with Gasteiger partial charge in [0.25, 0.3) is 0 Å². The van der Waals surface area contributed by atoms with Crippen molar-refractivity contribution in [3.05, 3.63) is 59.2 Å². The summed E-state index contributed by atoms with van der Waals surface area (Å²) in [6, 6.07) is 10.2. The van der Waals surface area contributed by atoms with Crippen LogP contribution in [0.4, 0.5) is 0 Å². The first kappa shape index (κ1) is 22.5. The number of rotatable bonds is 9. The largest absolute Gasteiger partial charge is 0.508 e. The average Bonchev–Trinajstić information content (AvgIpc) is 2.68. The van der Waals surface area contributed by atoms with Crippen molar-refractivity contribution in [1.82, 2.24) is 0 Å². The molecular weight excluding hydrogens is 364 g/mol. The summed E-state index contributed by atoms with van der Waals surface area (Å²) in [5, 5.41) is 9.42. The van der Waals surface area contributed by atoms with Gasteiger partial charge in [-0.25, -0.2) is 0 Å². The molecule has 156 valence electrons. The molecule has 4 nitrogen and oxygen atoms in total. The molecule has 0 aliphatic heterocycles. The van der Waals surface area contributed by atoms with Gasteiger partial charge in [-0.3, -0.25) is 4.79 Å². The van der Waals surface area contributed by atoms with Crippen LogP contribution in [0.3, 0.4) is 0 Å². The van der Waals surface area contributed by atoms with Crippen molar-refractivity contribution < 1.29 is 19.4 Å². The summed E-state index contributed by atoms with van der Waals surface area (Å²) in [7, 11) is 0. The van der Waals surface area contributed by atoms with Crippen LogP contribution in [0.5, 0.6) is 17.2 Å².